The van der Waals surface area contributed by atoms with E-state index >= 15 is 0 Å². The highest BCUT2D eigenvalue weighted by molar-refractivity contribution is 5.97. The molecule has 0 aliphatic carbocycles. The maximum Gasteiger partial charge on any atom is 0.449 e. The van der Waals surface area contributed by atoms with Crippen LogP contribution in [0.2, 0.25) is 0 Å². The lowest BCUT2D eigenvalue weighted by atomic mass is 9.99. The summed E-state index contributed by atoms with van der Waals surface area (Å²) in [6.07, 6.45) is -0.485. The van der Waals surface area contributed by atoms with Gasteiger partial charge in [0.05, 0.1) is 11.0 Å². The minimum absolute atomic E-state index is 0.103. The molecule has 2 bridgehead atoms. The fourth-order valence-electron chi connectivity index (χ4n) is 4.41. The standard InChI is InChI=1S/C19H23F3N4O/c1-10(2)26-16-6-3-11(7-15(16)25-18(26)19(20,21)22)17(27)24-14-8-12-4-5-13(9-14)23-12/h3,6-7,10,12-14,23H,4-5,8-9H2,1-2H3,(H,24,27). The number of fused-ring (bicyclic) bond motifs is 3. The molecule has 2 aromatic rings. The Bertz CT molecular complexity index is 862. The zero-order chi connectivity index (χ0) is 19.3. The minimum Gasteiger partial charge on any atom is -0.349 e. The van der Waals surface area contributed by atoms with Crippen molar-refractivity contribution in [1.82, 2.24) is 20.2 Å². The number of amides is 1. The van der Waals surface area contributed by atoms with E-state index in [0.29, 0.717) is 23.2 Å². The number of piperidine rings is 1. The third-order valence-electron chi connectivity index (χ3n) is 5.53. The van der Waals surface area contributed by atoms with Gasteiger partial charge in [-0.2, -0.15) is 13.2 Å². The number of carbonyl (C=O) groups excluding carboxylic acids is 1. The Morgan fingerprint density at radius 1 is 1.26 bits per heavy atom. The number of hydrogen-bond donors (Lipinski definition) is 2. The number of nitrogens with zero attached hydrogens (tertiary/aromatic N) is 2. The highest BCUT2D eigenvalue weighted by atomic mass is 19.4. The Balaban J connectivity index is 1.60. The molecule has 3 heterocycles. The molecule has 1 aromatic carbocycles. The summed E-state index contributed by atoms with van der Waals surface area (Å²) >= 11 is 0. The molecule has 0 radical (unpaired) electrons. The number of halogens is 3. The van der Waals surface area contributed by atoms with Crippen molar-refractivity contribution in [2.75, 3.05) is 0 Å². The summed E-state index contributed by atoms with van der Waals surface area (Å²) in [7, 11) is 0. The molecule has 2 fully saturated rings. The van der Waals surface area contributed by atoms with Crippen LogP contribution in [0.3, 0.4) is 0 Å². The first-order valence-electron chi connectivity index (χ1n) is 9.38. The molecule has 2 saturated heterocycles. The van der Waals surface area contributed by atoms with Crippen molar-refractivity contribution in [1.29, 1.82) is 0 Å². The molecular weight excluding hydrogens is 357 g/mol. The summed E-state index contributed by atoms with van der Waals surface area (Å²) in [4.78, 5) is 16.4. The zero-order valence-corrected chi connectivity index (χ0v) is 15.3. The molecule has 2 atom stereocenters. The molecule has 1 aromatic heterocycles. The molecule has 8 heteroatoms. The summed E-state index contributed by atoms with van der Waals surface area (Å²) in [5.74, 6) is -1.18. The van der Waals surface area contributed by atoms with Gasteiger partial charge in [-0.25, -0.2) is 4.98 Å². The fourth-order valence-corrected chi connectivity index (χ4v) is 4.41. The van der Waals surface area contributed by atoms with Gasteiger partial charge in [0.25, 0.3) is 5.91 Å². The van der Waals surface area contributed by atoms with E-state index in [1.54, 1.807) is 26.0 Å². The SMILES string of the molecule is CC(C)n1c(C(F)(F)F)nc2cc(C(=O)NC3CC4CCC(C3)N4)ccc21. The summed E-state index contributed by atoms with van der Waals surface area (Å²) in [5, 5.41) is 6.56. The second-order valence-corrected chi connectivity index (χ2v) is 7.88. The third-order valence-corrected chi connectivity index (χ3v) is 5.53. The van der Waals surface area contributed by atoms with Crippen LogP contribution in [-0.4, -0.2) is 33.6 Å². The molecule has 5 nitrogen and oxygen atoms in total. The van der Waals surface area contributed by atoms with Gasteiger partial charge in [-0.1, -0.05) is 0 Å². The van der Waals surface area contributed by atoms with Gasteiger partial charge in [-0.05, 0) is 57.7 Å². The maximum absolute atomic E-state index is 13.3. The van der Waals surface area contributed by atoms with Gasteiger partial charge in [0, 0.05) is 29.7 Å². The number of alkyl halides is 3. The van der Waals surface area contributed by atoms with Crippen molar-refractivity contribution < 1.29 is 18.0 Å². The van der Waals surface area contributed by atoms with Gasteiger partial charge >= 0.3 is 6.18 Å². The lowest BCUT2D eigenvalue weighted by molar-refractivity contribution is -0.147. The number of benzene rings is 1. The Kier molecular flexibility index (Phi) is 4.41. The van der Waals surface area contributed by atoms with Crippen LogP contribution in [0, 0.1) is 0 Å². The van der Waals surface area contributed by atoms with Crippen molar-refractivity contribution in [2.45, 2.75) is 69.9 Å². The molecule has 2 N–H and O–H groups in total. The zero-order valence-electron chi connectivity index (χ0n) is 15.3. The topological polar surface area (TPSA) is 59.0 Å². The van der Waals surface area contributed by atoms with Gasteiger partial charge in [0.1, 0.15) is 0 Å². The predicted octanol–water partition coefficient (Wildman–Crippen LogP) is 3.65. The number of hydrogen-bond acceptors (Lipinski definition) is 3. The summed E-state index contributed by atoms with van der Waals surface area (Å²) in [6.45, 7) is 3.37. The van der Waals surface area contributed by atoms with E-state index in [1.165, 1.54) is 10.6 Å². The second kappa shape index (κ2) is 6.51. The van der Waals surface area contributed by atoms with E-state index in [2.05, 4.69) is 15.6 Å². The quantitative estimate of drug-likeness (QED) is 0.855. The first-order valence-corrected chi connectivity index (χ1v) is 9.38. The number of aromatic nitrogens is 2. The van der Waals surface area contributed by atoms with Crippen LogP contribution in [-0.2, 0) is 6.18 Å². The molecule has 0 spiro atoms. The molecular formula is C19H23F3N4O. The van der Waals surface area contributed by atoms with Crippen LogP contribution in [0.25, 0.3) is 11.0 Å². The fraction of sp³-hybridized carbons (Fsp3) is 0.579. The normalized spacial score (nSPS) is 25.3. The highest BCUT2D eigenvalue weighted by Gasteiger charge is 2.38. The highest BCUT2D eigenvalue weighted by Crippen LogP contribution is 2.34. The van der Waals surface area contributed by atoms with Crippen molar-refractivity contribution in [3.63, 3.8) is 0 Å². The van der Waals surface area contributed by atoms with E-state index in [0.717, 1.165) is 25.7 Å². The number of imidazole rings is 1. The average Bonchev–Trinajstić information content (AvgIpc) is 3.14. The minimum atomic E-state index is -4.54. The number of nitrogens with one attached hydrogen (secondary N) is 2. The van der Waals surface area contributed by atoms with Crippen molar-refractivity contribution >= 4 is 16.9 Å². The Hall–Kier alpha value is -2.09. The van der Waals surface area contributed by atoms with Gasteiger partial charge < -0.3 is 15.2 Å². The summed E-state index contributed by atoms with van der Waals surface area (Å²) in [6, 6.07) is 5.20. The van der Waals surface area contributed by atoms with Gasteiger partial charge in [0.15, 0.2) is 0 Å². The van der Waals surface area contributed by atoms with Gasteiger partial charge in [-0.15, -0.1) is 0 Å². The van der Waals surface area contributed by atoms with E-state index in [-0.39, 0.29) is 17.5 Å². The van der Waals surface area contributed by atoms with E-state index in [4.69, 9.17) is 0 Å². The maximum atomic E-state index is 13.3. The van der Waals surface area contributed by atoms with Crippen LogP contribution in [0.1, 0.15) is 61.8 Å². The molecule has 0 saturated carbocycles. The average molecular weight is 380 g/mol. The van der Waals surface area contributed by atoms with Crippen molar-refractivity contribution in [3.8, 4) is 0 Å². The van der Waals surface area contributed by atoms with Gasteiger partial charge in [0.2, 0.25) is 5.82 Å². The lowest BCUT2D eigenvalue weighted by Gasteiger charge is -2.29. The molecule has 27 heavy (non-hydrogen) atoms. The van der Waals surface area contributed by atoms with E-state index < -0.39 is 18.0 Å². The van der Waals surface area contributed by atoms with E-state index in [9.17, 15) is 18.0 Å². The Labute approximate surface area is 155 Å². The summed E-state index contributed by atoms with van der Waals surface area (Å²) < 4.78 is 41.1. The Morgan fingerprint density at radius 3 is 2.52 bits per heavy atom. The first kappa shape index (κ1) is 18.3. The third kappa shape index (κ3) is 3.42. The van der Waals surface area contributed by atoms with Crippen LogP contribution in [0.5, 0.6) is 0 Å². The molecule has 146 valence electrons. The number of rotatable bonds is 3. The number of carbonyl (C=O) groups is 1. The van der Waals surface area contributed by atoms with Crippen LogP contribution in [0.15, 0.2) is 18.2 Å². The van der Waals surface area contributed by atoms with Gasteiger partial charge in [-0.3, -0.25) is 4.79 Å². The predicted molar refractivity (Wildman–Crippen MR) is 95.6 cm³/mol. The van der Waals surface area contributed by atoms with Crippen molar-refractivity contribution in [3.05, 3.63) is 29.6 Å². The molecule has 1 amide bonds. The van der Waals surface area contributed by atoms with Crippen LogP contribution < -0.4 is 10.6 Å². The molecule has 2 aliphatic heterocycles. The molecule has 2 unspecified atom stereocenters. The summed E-state index contributed by atoms with van der Waals surface area (Å²) in [5.41, 5.74) is 0.915. The second-order valence-electron chi connectivity index (χ2n) is 7.88. The smallest absolute Gasteiger partial charge is 0.349 e. The lowest BCUT2D eigenvalue weighted by Crippen LogP contribution is -2.48. The first-order chi connectivity index (χ1) is 12.7. The largest absolute Gasteiger partial charge is 0.449 e. The molecule has 2 aliphatic rings. The van der Waals surface area contributed by atoms with Crippen LogP contribution in [0.4, 0.5) is 13.2 Å². The Morgan fingerprint density at radius 2 is 1.93 bits per heavy atom. The van der Waals surface area contributed by atoms with Crippen molar-refractivity contribution in [2.24, 2.45) is 0 Å². The van der Waals surface area contributed by atoms with Crippen LogP contribution >= 0.6 is 0 Å². The van der Waals surface area contributed by atoms with E-state index in [1.807, 2.05) is 0 Å². The molecule has 4 rings (SSSR count). The monoisotopic (exact) mass is 380 g/mol.